The molecule has 0 radical (unpaired) electrons. The molecule has 0 bridgehead atoms. The average Bonchev–Trinajstić information content (AvgIpc) is 2.67. The summed E-state index contributed by atoms with van der Waals surface area (Å²) < 4.78 is 0. The number of nitrogens with zero attached hydrogens (tertiary/aromatic N) is 4. The zero-order chi connectivity index (χ0) is 19.6. The highest BCUT2D eigenvalue weighted by Gasteiger charge is 2.13. The van der Waals surface area contributed by atoms with E-state index in [1.54, 1.807) is 53.4 Å². The topological polar surface area (TPSA) is 128 Å². The van der Waals surface area contributed by atoms with Crippen LogP contribution in [0, 0.1) is 0 Å². The predicted molar refractivity (Wildman–Crippen MR) is 102 cm³/mol. The second-order valence-electron chi connectivity index (χ2n) is 6.06. The van der Waals surface area contributed by atoms with Crippen LogP contribution in [0.25, 0.3) is 22.8 Å². The van der Waals surface area contributed by atoms with E-state index in [0.717, 1.165) is 11.1 Å². The number of rotatable bonds is 5. The van der Waals surface area contributed by atoms with Crippen molar-refractivity contribution in [1.29, 1.82) is 0 Å². The molecule has 0 fully saturated rings. The molecule has 2 amide bonds. The first-order valence-corrected chi connectivity index (χ1v) is 8.09. The van der Waals surface area contributed by atoms with Crippen molar-refractivity contribution in [3.8, 4) is 22.8 Å². The molecule has 1 heterocycles. The zero-order valence-corrected chi connectivity index (χ0v) is 14.9. The van der Waals surface area contributed by atoms with Crippen molar-refractivity contribution in [2.45, 2.75) is 0 Å². The summed E-state index contributed by atoms with van der Waals surface area (Å²) in [6.07, 6.45) is 0. The number of aromatic nitrogens is 3. The van der Waals surface area contributed by atoms with Crippen LogP contribution in [0.15, 0.2) is 48.5 Å². The molecule has 2 aromatic carbocycles. The largest absolute Gasteiger partial charge is 0.366 e. The lowest BCUT2D eigenvalue weighted by atomic mass is 10.1. The first-order valence-electron chi connectivity index (χ1n) is 8.09. The lowest BCUT2D eigenvalue weighted by Gasteiger charge is -2.13. The van der Waals surface area contributed by atoms with Gasteiger partial charge in [0.05, 0.1) is 0 Å². The number of hydrogen-bond donors (Lipinski definition) is 2. The van der Waals surface area contributed by atoms with Gasteiger partial charge in [0.1, 0.15) is 0 Å². The summed E-state index contributed by atoms with van der Waals surface area (Å²) in [5, 5.41) is 0. The summed E-state index contributed by atoms with van der Waals surface area (Å²) in [6.45, 7) is 0. The third-order valence-corrected chi connectivity index (χ3v) is 3.88. The third kappa shape index (κ3) is 3.90. The van der Waals surface area contributed by atoms with Crippen LogP contribution in [0.1, 0.15) is 20.7 Å². The van der Waals surface area contributed by atoms with E-state index in [0.29, 0.717) is 28.7 Å². The summed E-state index contributed by atoms with van der Waals surface area (Å²) in [7, 11) is 3.66. The number of nitrogens with two attached hydrogens (primary N) is 2. The molecule has 0 saturated carbocycles. The first kappa shape index (κ1) is 18.0. The van der Waals surface area contributed by atoms with Crippen LogP contribution in [0.2, 0.25) is 0 Å². The van der Waals surface area contributed by atoms with Gasteiger partial charge >= 0.3 is 0 Å². The van der Waals surface area contributed by atoms with Gasteiger partial charge in [0, 0.05) is 36.3 Å². The minimum Gasteiger partial charge on any atom is -0.366 e. The molecule has 1 aromatic heterocycles. The van der Waals surface area contributed by atoms with Crippen molar-refractivity contribution in [2.24, 2.45) is 11.5 Å². The van der Waals surface area contributed by atoms with E-state index in [-0.39, 0.29) is 0 Å². The van der Waals surface area contributed by atoms with Gasteiger partial charge in [0.25, 0.3) is 0 Å². The van der Waals surface area contributed by atoms with E-state index in [1.807, 2.05) is 14.1 Å². The Balaban J connectivity index is 2.07. The van der Waals surface area contributed by atoms with Crippen molar-refractivity contribution in [2.75, 3.05) is 19.0 Å². The summed E-state index contributed by atoms with van der Waals surface area (Å²) in [5.74, 6) is 0.396. The van der Waals surface area contributed by atoms with Crippen LogP contribution in [0.3, 0.4) is 0 Å². The normalized spacial score (nSPS) is 10.4. The van der Waals surface area contributed by atoms with Crippen molar-refractivity contribution in [3.63, 3.8) is 0 Å². The van der Waals surface area contributed by atoms with E-state index in [2.05, 4.69) is 15.0 Å². The van der Waals surface area contributed by atoms with Gasteiger partial charge < -0.3 is 16.4 Å². The van der Waals surface area contributed by atoms with E-state index < -0.39 is 11.8 Å². The quantitative estimate of drug-likeness (QED) is 0.707. The van der Waals surface area contributed by atoms with E-state index in [1.165, 1.54) is 0 Å². The van der Waals surface area contributed by atoms with Gasteiger partial charge in [-0.15, -0.1) is 0 Å². The highest BCUT2D eigenvalue weighted by Crippen LogP contribution is 2.23. The lowest BCUT2D eigenvalue weighted by Crippen LogP contribution is -2.15. The minimum absolute atomic E-state index is 0.405. The van der Waals surface area contributed by atoms with E-state index >= 15 is 0 Å². The maximum atomic E-state index is 11.2. The molecule has 3 rings (SSSR count). The molecular weight excluding hydrogens is 344 g/mol. The lowest BCUT2D eigenvalue weighted by molar-refractivity contribution is 0.0992. The first-order chi connectivity index (χ1) is 12.8. The Kier molecular flexibility index (Phi) is 4.80. The molecular formula is C19H18N6O2. The Morgan fingerprint density at radius 2 is 1.07 bits per heavy atom. The maximum absolute atomic E-state index is 11.2. The highest BCUT2D eigenvalue weighted by atomic mass is 16.1. The molecule has 4 N–H and O–H groups in total. The fourth-order valence-corrected chi connectivity index (χ4v) is 2.39. The Hall–Kier alpha value is -3.81. The molecule has 0 aliphatic heterocycles. The molecule has 3 aromatic rings. The monoisotopic (exact) mass is 362 g/mol. The van der Waals surface area contributed by atoms with Gasteiger partial charge in [-0.2, -0.15) is 9.97 Å². The molecule has 8 heteroatoms. The smallest absolute Gasteiger partial charge is 0.248 e. The van der Waals surface area contributed by atoms with Crippen LogP contribution in [0.4, 0.5) is 5.95 Å². The number of amides is 2. The summed E-state index contributed by atoms with van der Waals surface area (Å²) >= 11 is 0. The molecule has 27 heavy (non-hydrogen) atoms. The molecule has 8 nitrogen and oxygen atoms in total. The second kappa shape index (κ2) is 7.20. The summed E-state index contributed by atoms with van der Waals surface area (Å²) in [5.41, 5.74) is 12.8. The third-order valence-electron chi connectivity index (χ3n) is 3.88. The van der Waals surface area contributed by atoms with E-state index in [4.69, 9.17) is 11.5 Å². The maximum Gasteiger partial charge on any atom is 0.248 e. The average molecular weight is 362 g/mol. The van der Waals surface area contributed by atoms with Crippen LogP contribution in [-0.2, 0) is 0 Å². The highest BCUT2D eigenvalue weighted by molar-refractivity contribution is 5.93. The summed E-state index contributed by atoms with van der Waals surface area (Å²) in [4.78, 5) is 37.7. The molecule has 0 atom stereocenters. The van der Waals surface area contributed by atoms with Gasteiger partial charge in [-0.05, 0) is 24.3 Å². The van der Waals surface area contributed by atoms with E-state index in [9.17, 15) is 9.59 Å². The number of carbonyl (C=O) groups is 2. The van der Waals surface area contributed by atoms with Crippen molar-refractivity contribution in [1.82, 2.24) is 15.0 Å². The molecule has 136 valence electrons. The Morgan fingerprint density at radius 3 is 1.37 bits per heavy atom. The number of carbonyl (C=O) groups excluding carboxylic acids is 2. The fraction of sp³-hybridized carbons (Fsp3) is 0.105. The SMILES string of the molecule is CN(C)c1nc(-c2ccc(C(N)=O)cc2)nc(-c2ccc(C(N)=O)cc2)n1. The minimum atomic E-state index is -0.499. The zero-order valence-electron chi connectivity index (χ0n) is 14.9. The fourth-order valence-electron chi connectivity index (χ4n) is 2.39. The molecule has 0 saturated heterocycles. The Bertz CT molecular complexity index is 922. The van der Waals surface area contributed by atoms with Crippen molar-refractivity contribution in [3.05, 3.63) is 59.7 Å². The Labute approximate surface area is 155 Å². The standard InChI is InChI=1S/C19H18N6O2/c1-25(2)19-23-17(13-7-3-11(4-8-13)15(20)26)22-18(24-19)14-9-5-12(6-10-14)16(21)27/h3-10H,1-2H3,(H2,20,26)(H2,21,27). The number of benzene rings is 2. The second-order valence-corrected chi connectivity index (χ2v) is 6.06. The molecule has 0 unspecified atom stereocenters. The van der Waals surface area contributed by atoms with Crippen LogP contribution in [-0.4, -0.2) is 40.9 Å². The van der Waals surface area contributed by atoms with Gasteiger partial charge in [-0.25, -0.2) is 4.98 Å². The van der Waals surface area contributed by atoms with Crippen LogP contribution >= 0.6 is 0 Å². The predicted octanol–water partition coefficient (Wildman–Crippen LogP) is 1.47. The number of primary amides is 2. The van der Waals surface area contributed by atoms with Gasteiger partial charge in [0.15, 0.2) is 11.6 Å². The van der Waals surface area contributed by atoms with Gasteiger partial charge in [0.2, 0.25) is 17.8 Å². The van der Waals surface area contributed by atoms with Gasteiger partial charge in [-0.3, -0.25) is 9.59 Å². The molecule has 0 spiro atoms. The number of anilines is 1. The Morgan fingerprint density at radius 1 is 0.704 bits per heavy atom. The number of hydrogen-bond acceptors (Lipinski definition) is 6. The summed E-state index contributed by atoms with van der Waals surface area (Å²) in [6, 6.07) is 13.4. The van der Waals surface area contributed by atoms with Gasteiger partial charge in [-0.1, -0.05) is 24.3 Å². The van der Waals surface area contributed by atoms with Crippen LogP contribution < -0.4 is 16.4 Å². The van der Waals surface area contributed by atoms with Crippen molar-refractivity contribution < 1.29 is 9.59 Å². The van der Waals surface area contributed by atoms with Crippen molar-refractivity contribution >= 4 is 17.8 Å². The molecule has 0 aliphatic carbocycles. The molecule has 0 aliphatic rings. The van der Waals surface area contributed by atoms with Crippen LogP contribution in [0.5, 0.6) is 0 Å².